The Kier molecular flexibility index (Phi) is 5.52. The normalized spacial score (nSPS) is 16.7. The molecule has 1 fully saturated rings. The smallest absolute Gasteiger partial charge is 0.142 e. The number of halogens is 1. The Labute approximate surface area is 124 Å². The highest BCUT2D eigenvalue weighted by Crippen LogP contribution is 2.33. The Morgan fingerprint density at radius 1 is 1.37 bits per heavy atom. The lowest BCUT2D eigenvalue weighted by atomic mass is 10.0. The molecular formula is C15H23BrN2O. The molecule has 0 atom stereocenters. The Balaban J connectivity index is 1.99. The van der Waals surface area contributed by atoms with Gasteiger partial charge in [-0.1, -0.05) is 22.9 Å². The Hall–Kier alpha value is -0.740. The van der Waals surface area contributed by atoms with Crippen LogP contribution in [0.3, 0.4) is 0 Å². The van der Waals surface area contributed by atoms with Crippen LogP contribution in [0.25, 0.3) is 0 Å². The van der Waals surface area contributed by atoms with E-state index in [1.54, 1.807) is 7.11 Å². The first-order valence-corrected chi connectivity index (χ1v) is 7.85. The van der Waals surface area contributed by atoms with Gasteiger partial charge in [-0.15, -0.1) is 0 Å². The summed E-state index contributed by atoms with van der Waals surface area (Å²) >= 11 is 3.54. The zero-order valence-electron chi connectivity index (χ0n) is 11.8. The summed E-state index contributed by atoms with van der Waals surface area (Å²) in [7, 11) is 1.74. The summed E-state index contributed by atoms with van der Waals surface area (Å²) in [6, 6.07) is 6.88. The second-order valence-electron chi connectivity index (χ2n) is 5.03. The van der Waals surface area contributed by atoms with Crippen molar-refractivity contribution in [2.24, 2.45) is 0 Å². The van der Waals surface area contributed by atoms with Crippen LogP contribution in [0.4, 0.5) is 5.69 Å². The number of anilines is 1. The number of piperidine rings is 1. The summed E-state index contributed by atoms with van der Waals surface area (Å²) < 4.78 is 6.57. The summed E-state index contributed by atoms with van der Waals surface area (Å²) in [5, 5.41) is 3.62. The molecule has 1 saturated heterocycles. The first-order valence-electron chi connectivity index (χ1n) is 7.06. The van der Waals surface area contributed by atoms with Crippen molar-refractivity contribution in [3.05, 3.63) is 22.7 Å². The van der Waals surface area contributed by atoms with Crippen molar-refractivity contribution in [2.75, 3.05) is 31.6 Å². The number of nitrogens with one attached hydrogen (secondary N) is 1. The van der Waals surface area contributed by atoms with E-state index in [0.717, 1.165) is 29.9 Å². The highest BCUT2D eigenvalue weighted by molar-refractivity contribution is 9.10. The number of nitrogens with zero attached hydrogens (tertiary/aromatic N) is 1. The van der Waals surface area contributed by atoms with Gasteiger partial charge in [0.1, 0.15) is 5.75 Å². The summed E-state index contributed by atoms with van der Waals surface area (Å²) in [6.45, 7) is 5.53. The number of benzene rings is 1. The van der Waals surface area contributed by atoms with Gasteiger partial charge in [0.2, 0.25) is 0 Å². The van der Waals surface area contributed by atoms with E-state index >= 15 is 0 Å². The lowest BCUT2D eigenvalue weighted by Crippen LogP contribution is -2.42. The highest BCUT2D eigenvalue weighted by atomic mass is 79.9. The summed E-state index contributed by atoms with van der Waals surface area (Å²) in [4.78, 5) is 2.42. The fourth-order valence-electron chi connectivity index (χ4n) is 2.58. The van der Waals surface area contributed by atoms with E-state index in [0.29, 0.717) is 6.04 Å². The van der Waals surface area contributed by atoms with Gasteiger partial charge in [0.05, 0.1) is 12.8 Å². The minimum absolute atomic E-state index is 0.675. The van der Waals surface area contributed by atoms with Gasteiger partial charge in [0.25, 0.3) is 0 Å². The minimum atomic E-state index is 0.675. The summed E-state index contributed by atoms with van der Waals surface area (Å²) in [6.07, 6.45) is 3.62. The molecule has 4 heteroatoms. The molecule has 1 N–H and O–H groups in total. The van der Waals surface area contributed by atoms with Crippen LogP contribution in [0, 0.1) is 0 Å². The molecule has 2 rings (SSSR count). The quantitative estimate of drug-likeness (QED) is 0.897. The molecule has 0 spiro atoms. The maximum Gasteiger partial charge on any atom is 0.142 e. The number of hydrogen-bond donors (Lipinski definition) is 1. The molecule has 0 unspecified atom stereocenters. The molecule has 106 valence electrons. The monoisotopic (exact) mass is 326 g/mol. The van der Waals surface area contributed by atoms with Crippen molar-refractivity contribution in [1.29, 1.82) is 0 Å². The van der Waals surface area contributed by atoms with Crippen LogP contribution in [0.1, 0.15) is 26.2 Å². The molecule has 0 aromatic heterocycles. The molecule has 0 radical (unpaired) electrons. The van der Waals surface area contributed by atoms with E-state index in [4.69, 9.17) is 4.74 Å². The molecule has 1 aromatic carbocycles. The zero-order chi connectivity index (χ0) is 13.7. The predicted octanol–water partition coefficient (Wildman–Crippen LogP) is 3.43. The summed E-state index contributed by atoms with van der Waals surface area (Å²) in [5.74, 6) is 0.961. The number of methoxy groups -OCH3 is 1. The van der Waals surface area contributed by atoms with Crippen LogP contribution >= 0.6 is 15.9 Å². The Morgan fingerprint density at radius 2 is 2.11 bits per heavy atom. The molecule has 3 nitrogen and oxygen atoms in total. The molecular weight excluding hydrogens is 304 g/mol. The van der Waals surface area contributed by atoms with Crippen LogP contribution in [0.15, 0.2) is 22.7 Å². The number of ether oxygens (including phenoxy) is 1. The molecule has 19 heavy (non-hydrogen) atoms. The van der Waals surface area contributed by atoms with E-state index in [1.165, 1.54) is 24.9 Å². The van der Waals surface area contributed by atoms with Crippen molar-refractivity contribution >= 4 is 21.6 Å². The molecule has 0 bridgehead atoms. The Bertz CT molecular complexity index is 403. The van der Waals surface area contributed by atoms with Gasteiger partial charge in [-0.2, -0.15) is 0 Å². The molecule has 1 aliphatic rings. The zero-order valence-corrected chi connectivity index (χ0v) is 13.4. The lowest BCUT2D eigenvalue weighted by molar-refractivity contribution is 0.398. The standard InChI is InChI=1S/C15H23BrN2O/c1-3-8-17-13-6-9-18(10-7-13)14-11-12(16)4-5-15(14)19-2/h4-5,11,13,17H,3,6-10H2,1-2H3. The predicted molar refractivity (Wildman–Crippen MR) is 84.2 cm³/mol. The average Bonchev–Trinajstić information content (AvgIpc) is 2.45. The fraction of sp³-hybridized carbons (Fsp3) is 0.600. The van der Waals surface area contributed by atoms with Crippen LogP contribution in [0.5, 0.6) is 5.75 Å². The largest absolute Gasteiger partial charge is 0.495 e. The van der Waals surface area contributed by atoms with Gasteiger partial charge < -0.3 is 15.0 Å². The van der Waals surface area contributed by atoms with Crippen molar-refractivity contribution in [3.63, 3.8) is 0 Å². The first-order chi connectivity index (χ1) is 9.24. The van der Waals surface area contributed by atoms with E-state index in [2.05, 4.69) is 39.1 Å². The minimum Gasteiger partial charge on any atom is -0.495 e. The first kappa shape index (κ1) is 14.7. The van der Waals surface area contributed by atoms with Gasteiger partial charge >= 0.3 is 0 Å². The van der Waals surface area contributed by atoms with Gasteiger partial charge in [0, 0.05) is 23.6 Å². The van der Waals surface area contributed by atoms with Crippen LogP contribution in [-0.4, -0.2) is 32.8 Å². The fourth-order valence-corrected chi connectivity index (χ4v) is 2.93. The average molecular weight is 327 g/mol. The molecule has 1 aliphatic heterocycles. The van der Waals surface area contributed by atoms with Crippen molar-refractivity contribution in [3.8, 4) is 5.75 Å². The van der Waals surface area contributed by atoms with Crippen molar-refractivity contribution in [1.82, 2.24) is 5.32 Å². The van der Waals surface area contributed by atoms with Crippen LogP contribution in [0.2, 0.25) is 0 Å². The topological polar surface area (TPSA) is 24.5 Å². The molecule has 1 aromatic rings. The Morgan fingerprint density at radius 3 is 2.74 bits per heavy atom. The van der Waals surface area contributed by atoms with E-state index in [-0.39, 0.29) is 0 Å². The lowest BCUT2D eigenvalue weighted by Gasteiger charge is -2.34. The van der Waals surface area contributed by atoms with E-state index in [9.17, 15) is 0 Å². The van der Waals surface area contributed by atoms with Gasteiger partial charge in [-0.25, -0.2) is 0 Å². The maximum atomic E-state index is 5.47. The summed E-state index contributed by atoms with van der Waals surface area (Å²) in [5.41, 5.74) is 1.20. The van der Waals surface area contributed by atoms with Gasteiger partial charge in [0.15, 0.2) is 0 Å². The van der Waals surface area contributed by atoms with E-state index in [1.807, 2.05) is 12.1 Å². The third-order valence-electron chi connectivity index (χ3n) is 3.66. The number of hydrogen-bond acceptors (Lipinski definition) is 3. The molecule has 0 saturated carbocycles. The van der Waals surface area contributed by atoms with Crippen molar-refractivity contribution in [2.45, 2.75) is 32.2 Å². The SMILES string of the molecule is CCCNC1CCN(c2cc(Br)ccc2OC)CC1. The number of rotatable bonds is 5. The van der Waals surface area contributed by atoms with Crippen LogP contribution < -0.4 is 15.0 Å². The van der Waals surface area contributed by atoms with Gasteiger partial charge in [-0.3, -0.25) is 0 Å². The third-order valence-corrected chi connectivity index (χ3v) is 4.15. The maximum absolute atomic E-state index is 5.47. The van der Waals surface area contributed by atoms with Crippen molar-refractivity contribution < 1.29 is 4.74 Å². The second kappa shape index (κ2) is 7.15. The highest BCUT2D eigenvalue weighted by Gasteiger charge is 2.21. The molecule has 0 amide bonds. The van der Waals surface area contributed by atoms with Crippen LogP contribution in [-0.2, 0) is 0 Å². The van der Waals surface area contributed by atoms with Gasteiger partial charge in [-0.05, 0) is 44.0 Å². The third kappa shape index (κ3) is 3.86. The second-order valence-corrected chi connectivity index (χ2v) is 5.95. The van der Waals surface area contributed by atoms with E-state index < -0.39 is 0 Å². The molecule has 0 aliphatic carbocycles. The molecule has 1 heterocycles.